The van der Waals surface area contributed by atoms with Crippen LogP contribution in [-0.4, -0.2) is 10.5 Å². The summed E-state index contributed by atoms with van der Waals surface area (Å²) in [6.07, 6.45) is 0. The van der Waals surface area contributed by atoms with Gasteiger partial charge in [0.05, 0.1) is 0 Å². The lowest BCUT2D eigenvalue weighted by Crippen LogP contribution is -1.91. The fourth-order valence-corrected chi connectivity index (χ4v) is 4.53. The van der Waals surface area contributed by atoms with Gasteiger partial charge in [-0.1, -0.05) is 11.1 Å². The first kappa shape index (κ1) is 15.8. The lowest BCUT2D eigenvalue weighted by Gasteiger charge is -2.02. The molecule has 0 N–H and O–H groups in total. The van der Waals surface area contributed by atoms with Crippen molar-refractivity contribution in [3.8, 4) is 0 Å². The quantitative estimate of drug-likeness (QED) is 0.540. The molecule has 102 valence electrons. The molecule has 0 radical (unpaired) electrons. The van der Waals surface area contributed by atoms with E-state index in [9.17, 15) is 0 Å². The van der Waals surface area contributed by atoms with Crippen LogP contribution in [0, 0.1) is 27.7 Å². The Morgan fingerprint density at radius 2 is 1.00 bits per heavy atom. The minimum Gasteiger partial charge on any atom is -0.147 e. The van der Waals surface area contributed by atoms with Crippen molar-refractivity contribution in [2.45, 2.75) is 65.9 Å². The molecule has 0 bridgehead atoms. The van der Waals surface area contributed by atoms with Gasteiger partial charge in [-0.3, -0.25) is 0 Å². The molecule has 0 fully saturated rings. The largest absolute Gasteiger partial charge is 0.147 e. The van der Waals surface area contributed by atoms with Crippen LogP contribution in [-0.2, 0) is 0 Å². The fraction of sp³-hybridized carbons (Fsp3) is 0.625. The predicted octanol–water partition coefficient (Wildman–Crippen LogP) is 5.83. The van der Waals surface area contributed by atoms with Crippen molar-refractivity contribution in [1.82, 2.24) is 0 Å². The van der Waals surface area contributed by atoms with Gasteiger partial charge in [-0.2, -0.15) is 0 Å². The molecule has 2 unspecified atom stereocenters. The summed E-state index contributed by atoms with van der Waals surface area (Å²) in [4.78, 5) is 2.93. The minimum atomic E-state index is 0.764. The molecule has 18 heavy (non-hydrogen) atoms. The number of hydrogen-bond donors (Lipinski definition) is 0. The summed E-state index contributed by atoms with van der Waals surface area (Å²) >= 11 is 3.96. The highest BCUT2D eigenvalue weighted by atomic mass is 32.2. The molecule has 0 nitrogen and oxygen atoms in total. The van der Waals surface area contributed by atoms with Crippen LogP contribution in [0.1, 0.15) is 48.6 Å². The van der Waals surface area contributed by atoms with E-state index in [1.165, 1.54) is 20.9 Å². The second-order valence-corrected chi connectivity index (χ2v) is 8.37. The summed E-state index contributed by atoms with van der Waals surface area (Å²) in [7, 11) is 0. The van der Waals surface area contributed by atoms with Crippen LogP contribution in [0.25, 0.3) is 0 Å². The van der Waals surface area contributed by atoms with E-state index in [2.05, 4.69) is 67.2 Å². The standard InChI is InChI=1S/C8H14S.C8H12S/c2*1-5-6(2)8(4)9-7(5)3/h7-8H,1-4H3;1-4H3. The highest BCUT2D eigenvalue weighted by Crippen LogP contribution is 2.37. The van der Waals surface area contributed by atoms with Gasteiger partial charge in [0.1, 0.15) is 0 Å². The van der Waals surface area contributed by atoms with Crippen LogP contribution in [0.4, 0.5) is 0 Å². The van der Waals surface area contributed by atoms with Crippen LogP contribution in [0.3, 0.4) is 0 Å². The van der Waals surface area contributed by atoms with Crippen LogP contribution < -0.4 is 0 Å². The Balaban J connectivity index is 0.000000180. The van der Waals surface area contributed by atoms with E-state index in [0.717, 1.165) is 10.5 Å². The summed E-state index contributed by atoms with van der Waals surface area (Å²) in [5.74, 6) is 0. The monoisotopic (exact) mass is 282 g/mol. The van der Waals surface area contributed by atoms with Gasteiger partial charge >= 0.3 is 0 Å². The Morgan fingerprint density at radius 3 is 1.11 bits per heavy atom. The molecule has 0 aliphatic carbocycles. The smallest absolute Gasteiger partial charge is 0.0234 e. The molecule has 2 rings (SSSR count). The average molecular weight is 283 g/mol. The second-order valence-electron chi connectivity index (χ2n) is 5.25. The maximum atomic E-state index is 2.28. The SMILES string of the molecule is CC1=C(C)C(C)SC1C.Cc1sc(C)c(C)c1C. The molecule has 0 aromatic carbocycles. The Labute approximate surface area is 121 Å². The molecule has 1 aromatic heterocycles. The molecule has 2 atom stereocenters. The third kappa shape index (κ3) is 3.42. The predicted molar refractivity (Wildman–Crippen MR) is 88.2 cm³/mol. The van der Waals surface area contributed by atoms with Crippen molar-refractivity contribution in [2.75, 3.05) is 0 Å². The van der Waals surface area contributed by atoms with E-state index in [4.69, 9.17) is 0 Å². The third-order valence-electron chi connectivity index (χ3n) is 4.17. The summed E-state index contributed by atoms with van der Waals surface area (Å²) in [6, 6.07) is 0. The van der Waals surface area contributed by atoms with Crippen molar-refractivity contribution in [3.05, 3.63) is 32.0 Å². The van der Waals surface area contributed by atoms with Crippen molar-refractivity contribution >= 4 is 23.1 Å². The molecule has 0 spiro atoms. The highest BCUT2D eigenvalue weighted by molar-refractivity contribution is 8.01. The number of hydrogen-bond acceptors (Lipinski definition) is 2. The van der Waals surface area contributed by atoms with Gasteiger partial charge in [-0.15, -0.1) is 23.1 Å². The topological polar surface area (TPSA) is 0 Å². The Morgan fingerprint density at radius 1 is 0.667 bits per heavy atom. The van der Waals surface area contributed by atoms with E-state index in [0.29, 0.717) is 0 Å². The first-order valence-corrected chi connectivity index (χ1v) is 8.37. The normalized spacial score (nSPS) is 23.1. The third-order valence-corrected chi connectivity index (χ3v) is 6.92. The fourth-order valence-electron chi connectivity index (χ4n) is 2.06. The Bertz CT molecular complexity index is 413. The average Bonchev–Trinajstić information content (AvgIpc) is 2.66. The molecular weight excluding hydrogens is 256 g/mol. The lowest BCUT2D eigenvalue weighted by atomic mass is 10.1. The zero-order chi connectivity index (χ0) is 14.0. The second kappa shape index (κ2) is 6.29. The molecule has 2 heteroatoms. The van der Waals surface area contributed by atoms with Crippen LogP contribution in [0.15, 0.2) is 11.1 Å². The van der Waals surface area contributed by atoms with Crippen LogP contribution in [0.5, 0.6) is 0 Å². The molecular formula is C16H26S2. The van der Waals surface area contributed by atoms with Gasteiger partial charge in [0.25, 0.3) is 0 Å². The molecule has 0 amide bonds. The van der Waals surface area contributed by atoms with Crippen molar-refractivity contribution in [1.29, 1.82) is 0 Å². The maximum absolute atomic E-state index is 2.28. The summed E-state index contributed by atoms with van der Waals surface area (Å²) in [5, 5.41) is 1.53. The summed E-state index contributed by atoms with van der Waals surface area (Å²) in [6.45, 7) is 17.8. The van der Waals surface area contributed by atoms with Crippen molar-refractivity contribution in [2.24, 2.45) is 0 Å². The van der Waals surface area contributed by atoms with Crippen molar-refractivity contribution in [3.63, 3.8) is 0 Å². The van der Waals surface area contributed by atoms with E-state index < -0.39 is 0 Å². The molecule has 1 aliphatic rings. The first-order valence-electron chi connectivity index (χ1n) is 6.61. The van der Waals surface area contributed by atoms with Gasteiger partial charge in [0.15, 0.2) is 0 Å². The maximum Gasteiger partial charge on any atom is 0.0234 e. The number of thioether (sulfide) groups is 1. The number of thiophene rings is 1. The zero-order valence-electron chi connectivity index (χ0n) is 13.0. The van der Waals surface area contributed by atoms with Gasteiger partial charge in [0.2, 0.25) is 0 Å². The van der Waals surface area contributed by atoms with E-state index in [1.54, 1.807) is 11.1 Å². The molecule has 0 saturated heterocycles. The highest BCUT2D eigenvalue weighted by Gasteiger charge is 2.21. The molecule has 2 heterocycles. The molecule has 0 saturated carbocycles. The van der Waals surface area contributed by atoms with E-state index in [1.807, 2.05) is 11.3 Å². The lowest BCUT2D eigenvalue weighted by molar-refractivity contribution is 1.07. The van der Waals surface area contributed by atoms with Gasteiger partial charge in [-0.05, 0) is 66.5 Å². The van der Waals surface area contributed by atoms with Gasteiger partial charge < -0.3 is 0 Å². The number of aryl methyl sites for hydroxylation is 2. The van der Waals surface area contributed by atoms with Gasteiger partial charge in [0, 0.05) is 20.3 Å². The van der Waals surface area contributed by atoms with Crippen molar-refractivity contribution < 1.29 is 0 Å². The minimum absolute atomic E-state index is 0.764. The zero-order valence-corrected chi connectivity index (χ0v) is 14.6. The Kier molecular flexibility index (Phi) is 5.54. The van der Waals surface area contributed by atoms with Crippen LogP contribution in [0.2, 0.25) is 0 Å². The Hall–Kier alpha value is -0.210. The van der Waals surface area contributed by atoms with Gasteiger partial charge in [-0.25, -0.2) is 0 Å². The van der Waals surface area contributed by atoms with E-state index in [-0.39, 0.29) is 0 Å². The summed E-state index contributed by atoms with van der Waals surface area (Å²) < 4.78 is 0. The van der Waals surface area contributed by atoms with Crippen LogP contribution >= 0.6 is 23.1 Å². The molecule has 1 aromatic rings. The first-order chi connectivity index (χ1) is 8.25. The summed E-state index contributed by atoms with van der Waals surface area (Å²) in [5.41, 5.74) is 6.12. The van der Waals surface area contributed by atoms with E-state index >= 15 is 0 Å². The molecule has 1 aliphatic heterocycles. The number of rotatable bonds is 0.